The van der Waals surface area contributed by atoms with Gasteiger partial charge >= 0.3 is 0 Å². The molecule has 1 aliphatic carbocycles. The van der Waals surface area contributed by atoms with Crippen LogP contribution in [0.15, 0.2) is 45.9 Å². The summed E-state index contributed by atoms with van der Waals surface area (Å²) >= 11 is 3.59. The summed E-state index contributed by atoms with van der Waals surface area (Å²) in [5.41, 5.74) is 3.69. The Morgan fingerprint density at radius 2 is 1.81 bits per heavy atom. The van der Waals surface area contributed by atoms with Gasteiger partial charge in [0.1, 0.15) is 0 Å². The fourth-order valence-electron chi connectivity index (χ4n) is 2.82. The van der Waals surface area contributed by atoms with E-state index in [0.29, 0.717) is 12.0 Å². The van der Waals surface area contributed by atoms with Gasteiger partial charge in [0.2, 0.25) is 5.96 Å². The van der Waals surface area contributed by atoms with E-state index in [1.165, 1.54) is 18.2 Å². The minimum atomic E-state index is 0.380. The maximum atomic E-state index is 5.62. The highest BCUT2D eigenvalue weighted by Crippen LogP contribution is 2.30. The van der Waals surface area contributed by atoms with Crippen molar-refractivity contribution in [3.63, 3.8) is 0 Å². The van der Waals surface area contributed by atoms with E-state index >= 15 is 0 Å². The van der Waals surface area contributed by atoms with Gasteiger partial charge in [0.05, 0.1) is 6.04 Å². The van der Waals surface area contributed by atoms with Gasteiger partial charge in [-0.3, -0.25) is 5.43 Å². The Hall–Kier alpha value is -1.59. The van der Waals surface area contributed by atoms with E-state index in [4.69, 9.17) is 5.84 Å². The van der Waals surface area contributed by atoms with Crippen LogP contribution in [0.5, 0.6) is 0 Å². The number of guanidine groups is 1. The Labute approximate surface area is 132 Å². The first-order valence-electron chi connectivity index (χ1n) is 7.26. The van der Waals surface area contributed by atoms with E-state index in [1.807, 2.05) is 24.3 Å². The molecule has 0 saturated heterocycles. The van der Waals surface area contributed by atoms with Crippen molar-refractivity contribution in [2.75, 3.05) is 5.32 Å². The lowest BCUT2D eigenvalue weighted by atomic mass is 10.1. The topological polar surface area (TPSA) is 62.4 Å². The van der Waals surface area contributed by atoms with Gasteiger partial charge in [-0.05, 0) is 30.4 Å². The molecule has 1 saturated carbocycles. The maximum Gasteiger partial charge on any atom is 0.210 e. The number of nitrogens with one attached hydrogen (secondary N) is 2. The Kier molecular flexibility index (Phi) is 4.41. The standard InChI is InChI=1S/C16H19BrN4/c17-14-9-10-15(13-8-4-3-7-12(13)14)20-16(21-18)19-11-5-1-2-6-11/h3-4,7-11H,1-2,5-6,18H2,(H2,19,20,21). The molecule has 1 fully saturated rings. The predicted octanol–water partition coefficient (Wildman–Crippen LogP) is 3.78. The van der Waals surface area contributed by atoms with Crippen molar-refractivity contribution in [2.45, 2.75) is 31.7 Å². The first-order valence-corrected chi connectivity index (χ1v) is 8.06. The van der Waals surface area contributed by atoms with Crippen LogP contribution in [0.4, 0.5) is 5.69 Å². The molecule has 0 spiro atoms. The molecule has 0 atom stereocenters. The highest BCUT2D eigenvalue weighted by Gasteiger charge is 2.15. The monoisotopic (exact) mass is 346 g/mol. The van der Waals surface area contributed by atoms with Crippen LogP contribution in [-0.2, 0) is 0 Å². The number of hydrogen-bond acceptors (Lipinski definition) is 2. The Morgan fingerprint density at radius 1 is 1.10 bits per heavy atom. The summed E-state index contributed by atoms with van der Waals surface area (Å²) < 4.78 is 1.08. The quantitative estimate of drug-likeness (QED) is 0.335. The smallest absolute Gasteiger partial charge is 0.210 e. The summed E-state index contributed by atoms with van der Waals surface area (Å²) in [5.74, 6) is 6.25. The number of halogens is 1. The molecule has 4 N–H and O–H groups in total. The average Bonchev–Trinajstić information content (AvgIpc) is 3.02. The molecule has 21 heavy (non-hydrogen) atoms. The fraction of sp³-hybridized carbons (Fsp3) is 0.312. The molecule has 0 unspecified atom stereocenters. The number of hydrazine groups is 1. The third-order valence-electron chi connectivity index (χ3n) is 3.90. The number of nitrogens with two attached hydrogens (primary N) is 1. The van der Waals surface area contributed by atoms with Crippen LogP contribution >= 0.6 is 15.9 Å². The molecule has 0 radical (unpaired) electrons. The van der Waals surface area contributed by atoms with Gasteiger partial charge in [-0.1, -0.05) is 53.0 Å². The zero-order valence-corrected chi connectivity index (χ0v) is 13.4. The van der Waals surface area contributed by atoms with Crippen LogP contribution in [0.3, 0.4) is 0 Å². The molecule has 0 amide bonds. The second-order valence-electron chi connectivity index (χ2n) is 5.33. The SMILES string of the molecule is NNC(=NC1CCCC1)Nc1ccc(Br)c2ccccc12. The van der Waals surface area contributed by atoms with Crippen molar-refractivity contribution in [3.8, 4) is 0 Å². The number of rotatable bonds is 2. The van der Waals surface area contributed by atoms with Crippen molar-refractivity contribution in [3.05, 3.63) is 40.9 Å². The van der Waals surface area contributed by atoms with E-state index in [9.17, 15) is 0 Å². The molecule has 110 valence electrons. The molecule has 1 aliphatic rings. The first kappa shape index (κ1) is 14.4. The van der Waals surface area contributed by atoms with Gasteiger partial charge < -0.3 is 5.32 Å². The summed E-state index contributed by atoms with van der Waals surface area (Å²) in [5, 5.41) is 5.63. The molecule has 0 aromatic heterocycles. The molecular formula is C16H19BrN4. The zero-order chi connectivity index (χ0) is 14.7. The number of benzene rings is 2. The largest absolute Gasteiger partial charge is 0.325 e. The van der Waals surface area contributed by atoms with Crippen LogP contribution in [-0.4, -0.2) is 12.0 Å². The molecule has 5 heteroatoms. The molecule has 2 aromatic rings. The third kappa shape index (κ3) is 3.19. The second-order valence-corrected chi connectivity index (χ2v) is 6.18. The minimum Gasteiger partial charge on any atom is -0.325 e. The lowest BCUT2D eigenvalue weighted by Crippen LogP contribution is -2.37. The van der Waals surface area contributed by atoms with E-state index < -0.39 is 0 Å². The maximum absolute atomic E-state index is 5.62. The first-order chi connectivity index (χ1) is 10.3. The van der Waals surface area contributed by atoms with Crippen molar-refractivity contribution in [1.29, 1.82) is 0 Å². The van der Waals surface area contributed by atoms with E-state index in [2.05, 4.69) is 43.8 Å². The van der Waals surface area contributed by atoms with Crippen molar-refractivity contribution in [2.24, 2.45) is 10.8 Å². The van der Waals surface area contributed by atoms with Gasteiger partial charge in [-0.25, -0.2) is 10.8 Å². The number of hydrogen-bond donors (Lipinski definition) is 3. The minimum absolute atomic E-state index is 0.380. The van der Waals surface area contributed by atoms with Crippen molar-refractivity contribution >= 4 is 38.3 Å². The van der Waals surface area contributed by atoms with Gasteiger partial charge in [0.15, 0.2) is 0 Å². The molecule has 0 bridgehead atoms. The normalized spacial score (nSPS) is 16.4. The van der Waals surface area contributed by atoms with Gasteiger partial charge in [-0.15, -0.1) is 0 Å². The van der Waals surface area contributed by atoms with E-state index in [-0.39, 0.29) is 0 Å². The summed E-state index contributed by atoms with van der Waals surface area (Å²) in [6.07, 6.45) is 4.81. The number of fused-ring (bicyclic) bond motifs is 1. The summed E-state index contributed by atoms with van der Waals surface area (Å²) in [7, 11) is 0. The Bertz CT molecular complexity index is 662. The molecule has 0 aliphatic heterocycles. The predicted molar refractivity (Wildman–Crippen MR) is 92.3 cm³/mol. The summed E-state index contributed by atoms with van der Waals surface area (Å²) in [6, 6.07) is 12.7. The van der Waals surface area contributed by atoms with Crippen LogP contribution in [0.1, 0.15) is 25.7 Å². The van der Waals surface area contributed by atoms with Crippen LogP contribution in [0.2, 0.25) is 0 Å². The Balaban J connectivity index is 1.91. The molecule has 3 rings (SSSR count). The lowest BCUT2D eigenvalue weighted by molar-refractivity contribution is 0.700. The lowest BCUT2D eigenvalue weighted by Gasteiger charge is -2.14. The highest BCUT2D eigenvalue weighted by molar-refractivity contribution is 9.10. The number of aliphatic imine (C=N–C) groups is 1. The third-order valence-corrected chi connectivity index (χ3v) is 4.59. The van der Waals surface area contributed by atoms with Crippen LogP contribution in [0.25, 0.3) is 10.8 Å². The molecule has 4 nitrogen and oxygen atoms in total. The van der Waals surface area contributed by atoms with Gasteiger partial charge in [0, 0.05) is 15.5 Å². The second kappa shape index (κ2) is 6.45. The van der Waals surface area contributed by atoms with E-state index in [1.54, 1.807) is 0 Å². The zero-order valence-electron chi connectivity index (χ0n) is 11.8. The van der Waals surface area contributed by atoms with Gasteiger partial charge in [-0.2, -0.15) is 0 Å². The fourth-order valence-corrected chi connectivity index (χ4v) is 3.30. The van der Waals surface area contributed by atoms with Crippen LogP contribution in [0, 0.1) is 0 Å². The highest BCUT2D eigenvalue weighted by atomic mass is 79.9. The van der Waals surface area contributed by atoms with Crippen LogP contribution < -0.4 is 16.6 Å². The van der Waals surface area contributed by atoms with Crippen molar-refractivity contribution in [1.82, 2.24) is 5.43 Å². The summed E-state index contributed by atoms with van der Waals surface area (Å²) in [4.78, 5) is 4.68. The molecular weight excluding hydrogens is 328 g/mol. The number of anilines is 1. The van der Waals surface area contributed by atoms with E-state index in [0.717, 1.165) is 28.4 Å². The summed E-state index contributed by atoms with van der Waals surface area (Å²) in [6.45, 7) is 0. The average molecular weight is 347 g/mol. The number of nitrogens with zero attached hydrogens (tertiary/aromatic N) is 1. The molecule has 2 aromatic carbocycles. The Morgan fingerprint density at radius 3 is 2.52 bits per heavy atom. The van der Waals surface area contributed by atoms with Gasteiger partial charge in [0.25, 0.3) is 0 Å². The molecule has 0 heterocycles. The van der Waals surface area contributed by atoms with Crippen molar-refractivity contribution < 1.29 is 0 Å².